The lowest BCUT2D eigenvalue weighted by Crippen LogP contribution is -2.48. The number of urea groups is 1. The summed E-state index contributed by atoms with van der Waals surface area (Å²) < 4.78 is 0. The molecule has 2 N–H and O–H groups in total. The topological polar surface area (TPSA) is 55.8 Å². The molecule has 2 fully saturated rings. The van der Waals surface area contributed by atoms with Crippen molar-refractivity contribution in [3.8, 4) is 0 Å². The van der Waals surface area contributed by atoms with Gasteiger partial charge in [0.15, 0.2) is 0 Å². The molecule has 17 heavy (non-hydrogen) atoms. The van der Waals surface area contributed by atoms with Crippen molar-refractivity contribution < 1.29 is 9.90 Å². The monoisotopic (exact) mass is 241 g/mol. The summed E-state index contributed by atoms with van der Waals surface area (Å²) >= 11 is 0. The first-order chi connectivity index (χ1) is 8.31. The van der Waals surface area contributed by atoms with Gasteiger partial charge in [-0.3, -0.25) is 0 Å². The van der Waals surface area contributed by atoms with Crippen molar-refractivity contribution in [2.75, 3.05) is 39.3 Å². The molecule has 5 nitrogen and oxygen atoms in total. The van der Waals surface area contributed by atoms with E-state index in [0.717, 1.165) is 45.4 Å². The molecule has 0 aliphatic carbocycles. The van der Waals surface area contributed by atoms with Crippen molar-refractivity contribution in [1.82, 2.24) is 15.1 Å². The van der Waals surface area contributed by atoms with Gasteiger partial charge in [0.2, 0.25) is 0 Å². The summed E-state index contributed by atoms with van der Waals surface area (Å²) in [5, 5.41) is 12.5. The molecular formula is C12H23N3O2. The van der Waals surface area contributed by atoms with Crippen molar-refractivity contribution in [2.24, 2.45) is 0 Å². The largest absolute Gasteiger partial charge is 0.395 e. The van der Waals surface area contributed by atoms with Gasteiger partial charge < -0.3 is 20.2 Å². The Labute approximate surface area is 103 Å². The molecular weight excluding hydrogens is 218 g/mol. The fraction of sp³-hybridized carbons (Fsp3) is 0.917. The van der Waals surface area contributed by atoms with E-state index in [2.05, 4.69) is 5.32 Å². The maximum Gasteiger partial charge on any atom is 0.320 e. The van der Waals surface area contributed by atoms with Gasteiger partial charge in [0.05, 0.1) is 6.61 Å². The van der Waals surface area contributed by atoms with Crippen molar-refractivity contribution in [3.63, 3.8) is 0 Å². The second-order valence-electron chi connectivity index (χ2n) is 4.94. The molecule has 2 saturated heterocycles. The highest BCUT2D eigenvalue weighted by Crippen LogP contribution is 2.13. The van der Waals surface area contributed by atoms with Crippen LogP contribution in [0, 0.1) is 0 Å². The minimum Gasteiger partial charge on any atom is -0.395 e. The third-order valence-electron chi connectivity index (χ3n) is 3.62. The maximum absolute atomic E-state index is 12.2. The summed E-state index contributed by atoms with van der Waals surface area (Å²) in [5.41, 5.74) is 0. The van der Waals surface area contributed by atoms with Crippen molar-refractivity contribution in [3.05, 3.63) is 0 Å². The highest BCUT2D eigenvalue weighted by Gasteiger charge is 2.26. The first-order valence-corrected chi connectivity index (χ1v) is 6.69. The normalized spacial score (nSPS) is 24.3. The standard InChI is InChI=1S/C12H23N3O2/c16-9-8-15(10-11-4-3-5-13-11)12(17)14-6-1-2-7-14/h11,13,16H,1-10H2. The second kappa shape index (κ2) is 6.21. The summed E-state index contributed by atoms with van der Waals surface area (Å²) in [5.74, 6) is 0. The van der Waals surface area contributed by atoms with Gasteiger partial charge in [-0.2, -0.15) is 0 Å². The van der Waals surface area contributed by atoms with Gasteiger partial charge in [0.25, 0.3) is 0 Å². The SMILES string of the molecule is O=C(N1CCCC1)N(CCO)CC1CCCN1. The number of aliphatic hydroxyl groups excluding tert-OH is 1. The van der Waals surface area contributed by atoms with Crippen molar-refractivity contribution >= 4 is 6.03 Å². The van der Waals surface area contributed by atoms with E-state index in [1.165, 1.54) is 6.42 Å². The number of carbonyl (C=O) groups is 1. The van der Waals surface area contributed by atoms with Gasteiger partial charge in [-0.05, 0) is 32.2 Å². The van der Waals surface area contributed by atoms with Crippen LogP contribution in [0.5, 0.6) is 0 Å². The average Bonchev–Trinajstić information content (AvgIpc) is 3.00. The van der Waals surface area contributed by atoms with E-state index in [0.29, 0.717) is 12.6 Å². The fourth-order valence-corrected chi connectivity index (χ4v) is 2.67. The number of amides is 2. The Morgan fingerprint density at radius 1 is 1.35 bits per heavy atom. The molecule has 0 spiro atoms. The Morgan fingerprint density at radius 2 is 2.12 bits per heavy atom. The van der Waals surface area contributed by atoms with Gasteiger partial charge >= 0.3 is 6.03 Å². The number of nitrogens with one attached hydrogen (secondary N) is 1. The van der Waals surface area contributed by atoms with Gasteiger partial charge in [-0.15, -0.1) is 0 Å². The molecule has 0 radical (unpaired) electrons. The van der Waals surface area contributed by atoms with Crippen LogP contribution in [-0.2, 0) is 0 Å². The molecule has 0 aromatic heterocycles. The number of nitrogens with zero attached hydrogens (tertiary/aromatic N) is 2. The molecule has 2 aliphatic heterocycles. The predicted molar refractivity (Wildman–Crippen MR) is 65.9 cm³/mol. The van der Waals surface area contributed by atoms with Crippen LogP contribution in [0.4, 0.5) is 4.79 Å². The van der Waals surface area contributed by atoms with Crippen LogP contribution in [0.15, 0.2) is 0 Å². The first-order valence-electron chi connectivity index (χ1n) is 6.69. The van der Waals surface area contributed by atoms with Crippen molar-refractivity contribution in [2.45, 2.75) is 31.7 Å². The summed E-state index contributed by atoms with van der Waals surface area (Å²) in [7, 11) is 0. The minimum atomic E-state index is 0.0479. The van der Waals surface area contributed by atoms with Crippen LogP contribution in [0.2, 0.25) is 0 Å². The highest BCUT2D eigenvalue weighted by molar-refractivity contribution is 5.74. The molecule has 0 bridgehead atoms. The molecule has 0 saturated carbocycles. The highest BCUT2D eigenvalue weighted by atomic mass is 16.3. The third kappa shape index (κ3) is 3.33. The summed E-state index contributed by atoms with van der Waals surface area (Å²) in [6.45, 7) is 4.03. The van der Waals surface area contributed by atoms with E-state index in [1.54, 1.807) is 4.90 Å². The number of rotatable bonds is 4. The molecule has 2 heterocycles. The van der Waals surface area contributed by atoms with E-state index >= 15 is 0 Å². The van der Waals surface area contributed by atoms with Crippen molar-refractivity contribution in [1.29, 1.82) is 0 Å². The molecule has 2 rings (SSSR count). The molecule has 5 heteroatoms. The summed E-state index contributed by atoms with van der Waals surface area (Å²) in [4.78, 5) is 15.9. The van der Waals surface area contributed by atoms with E-state index in [4.69, 9.17) is 5.11 Å². The molecule has 0 aromatic carbocycles. The minimum absolute atomic E-state index is 0.0479. The molecule has 2 amide bonds. The van der Waals surface area contributed by atoms with Gasteiger partial charge in [-0.1, -0.05) is 0 Å². The van der Waals surface area contributed by atoms with Crippen LogP contribution in [0.3, 0.4) is 0 Å². The first kappa shape index (κ1) is 12.6. The molecule has 98 valence electrons. The Hall–Kier alpha value is -0.810. The number of hydrogen-bond donors (Lipinski definition) is 2. The van der Waals surface area contributed by atoms with Crippen LogP contribution >= 0.6 is 0 Å². The summed E-state index contributed by atoms with van der Waals surface area (Å²) in [6, 6.07) is 0.512. The Morgan fingerprint density at radius 3 is 2.71 bits per heavy atom. The zero-order valence-electron chi connectivity index (χ0n) is 10.4. The molecule has 2 aliphatic rings. The van der Waals surface area contributed by atoms with Crippen LogP contribution in [0.1, 0.15) is 25.7 Å². The van der Waals surface area contributed by atoms with E-state index in [9.17, 15) is 4.79 Å². The Balaban J connectivity index is 1.87. The van der Waals surface area contributed by atoms with Crippen LogP contribution in [-0.4, -0.2) is 66.3 Å². The lowest BCUT2D eigenvalue weighted by molar-refractivity contribution is 0.143. The summed E-state index contributed by atoms with van der Waals surface area (Å²) in [6.07, 6.45) is 4.55. The number of carbonyl (C=O) groups excluding carboxylic acids is 1. The number of aliphatic hydroxyl groups is 1. The third-order valence-corrected chi connectivity index (χ3v) is 3.62. The Bertz CT molecular complexity index is 248. The van der Waals surface area contributed by atoms with Gasteiger partial charge in [0.1, 0.15) is 0 Å². The molecule has 0 aromatic rings. The van der Waals surface area contributed by atoms with Gasteiger partial charge in [0, 0.05) is 32.2 Å². The zero-order chi connectivity index (χ0) is 12.1. The quantitative estimate of drug-likeness (QED) is 0.742. The molecule has 1 unspecified atom stereocenters. The zero-order valence-corrected chi connectivity index (χ0v) is 10.4. The van der Waals surface area contributed by atoms with Gasteiger partial charge in [-0.25, -0.2) is 4.79 Å². The molecule has 1 atom stereocenters. The van der Waals surface area contributed by atoms with E-state index in [-0.39, 0.29) is 12.6 Å². The Kier molecular flexibility index (Phi) is 4.62. The van der Waals surface area contributed by atoms with Crippen LogP contribution < -0.4 is 5.32 Å². The lowest BCUT2D eigenvalue weighted by Gasteiger charge is -2.29. The average molecular weight is 241 g/mol. The second-order valence-corrected chi connectivity index (χ2v) is 4.94. The lowest BCUT2D eigenvalue weighted by atomic mass is 10.2. The van der Waals surface area contributed by atoms with E-state index < -0.39 is 0 Å². The van der Waals surface area contributed by atoms with Crippen LogP contribution in [0.25, 0.3) is 0 Å². The predicted octanol–water partition coefficient (Wildman–Crippen LogP) is 0.248. The fourth-order valence-electron chi connectivity index (χ4n) is 2.67. The maximum atomic E-state index is 12.2. The smallest absolute Gasteiger partial charge is 0.320 e. The number of hydrogen-bond acceptors (Lipinski definition) is 3. The van der Waals surface area contributed by atoms with E-state index in [1.807, 2.05) is 4.90 Å². The number of likely N-dealkylation sites (tertiary alicyclic amines) is 1.